The first-order chi connectivity index (χ1) is 14.8. The van der Waals surface area contributed by atoms with Crippen molar-refractivity contribution in [3.63, 3.8) is 0 Å². The Bertz CT molecular complexity index is 1080. The number of carbonyl (C=O) groups excluding carboxylic acids is 1. The van der Waals surface area contributed by atoms with Gasteiger partial charge in [0.2, 0.25) is 5.91 Å². The van der Waals surface area contributed by atoms with E-state index in [9.17, 15) is 4.79 Å². The summed E-state index contributed by atoms with van der Waals surface area (Å²) in [6.45, 7) is 7.97. The highest BCUT2D eigenvalue weighted by Crippen LogP contribution is 2.27. The third-order valence-electron chi connectivity index (χ3n) is 4.73. The minimum absolute atomic E-state index is 0.0198. The van der Waals surface area contributed by atoms with Crippen LogP contribution in [0.15, 0.2) is 71.6 Å². The molecule has 6 heteroatoms. The Morgan fingerprint density at radius 1 is 0.839 bits per heavy atom. The van der Waals surface area contributed by atoms with Crippen LogP contribution in [0.5, 0.6) is 0 Å². The maximum atomic E-state index is 12.7. The number of nitrogens with one attached hydrogen (secondary N) is 3. The highest BCUT2D eigenvalue weighted by Gasteiger charge is 2.16. The number of benzene rings is 3. The molecule has 0 aromatic heterocycles. The summed E-state index contributed by atoms with van der Waals surface area (Å²) in [5.74, 6) is -0.0198. The van der Waals surface area contributed by atoms with Gasteiger partial charge < -0.3 is 16.0 Å². The number of amides is 1. The molecule has 31 heavy (non-hydrogen) atoms. The Morgan fingerprint density at radius 3 is 2.26 bits per heavy atom. The van der Waals surface area contributed by atoms with Crippen LogP contribution in [0, 0.1) is 20.8 Å². The van der Waals surface area contributed by atoms with Crippen LogP contribution in [0.4, 0.5) is 17.1 Å². The van der Waals surface area contributed by atoms with Crippen molar-refractivity contribution in [1.82, 2.24) is 0 Å². The molecule has 0 heterocycles. The van der Waals surface area contributed by atoms with E-state index in [-0.39, 0.29) is 11.2 Å². The van der Waals surface area contributed by atoms with Gasteiger partial charge in [-0.05, 0) is 87.4 Å². The van der Waals surface area contributed by atoms with Gasteiger partial charge in [-0.1, -0.05) is 35.9 Å². The predicted octanol–water partition coefficient (Wildman–Crippen LogP) is 6.54. The van der Waals surface area contributed by atoms with Crippen molar-refractivity contribution in [2.24, 2.45) is 0 Å². The van der Waals surface area contributed by atoms with Gasteiger partial charge in [-0.3, -0.25) is 4.79 Å². The first kappa shape index (κ1) is 22.8. The molecule has 0 aliphatic carbocycles. The maximum absolute atomic E-state index is 12.7. The lowest BCUT2D eigenvalue weighted by Crippen LogP contribution is -2.23. The average molecular weight is 450 g/mol. The molecule has 0 fully saturated rings. The molecule has 160 valence electrons. The fraction of sp³-hybridized carbons (Fsp3) is 0.200. The van der Waals surface area contributed by atoms with E-state index in [2.05, 4.69) is 16.0 Å². The van der Waals surface area contributed by atoms with Gasteiger partial charge in [-0.15, -0.1) is 11.8 Å². The van der Waals surface area contributed by atoms with Crippen molar-refractivity contribution < 1.29 is 4.79 Å². The zero-order valence-electron chi connectivity index (χ0n) is 18.2. The molecule has 0 saturated heterocycles. The Kier molecular flexibility index (Phi) is 7.71. The average Bonchev–Trinajstić information content (AvgIpc) is 2.72. The van der Waals surface area contributed by atoms with Gasteiger partial charge in [-0.2, -0.15) is 0 Å². The molecule has 0 radical (unpaired) electrons. The van der Waals surface area contributed by atoms with Gasteiger partial charge in [-0.25, -0.2) is 0 Å². The second-order valence-electron chi connectivity index (χ2n) is 7.54. The molecular formula is C25H27N3OS2. The topological polar surface area (TPSA) is 53.2 Å². The van der Waals surface area contributed by atoms with E-state index in [4.69, 9.17) is 12.2 Å². The van der Waals surface area contributed by atoms with Gasteiger partial charge >= 0.3 is 0 Å². The summed E-state index contributed by atoms with van der Waals surface area (Å²) < 4.78 is 0. The standard InChI is InChI=1S/C25H27N3OS2/c1-16-9-12-20(13-10-16)26-25(30)27-21-6-5-7-22(15-21)31-19(4)24(29)28-23-14-17(2)8-11-18(23)3/h5-15,19H,1-4H3,(H,28,29)(H2,26,27,30). The van der Waals surface area contributed by atoms with Gasteiger partial charge in [0, 0.05) is 22.0 Å². The summed E-state index contributed by atoms with van der Waals surface area (Å²) in [6, 6.07) is 22.0. The first-order valence-corrected chi connectivity index (χ1v) is 11.4. The van der Waals surface area contributed by atoms with Crippen LogP contribution in [0.2, 0.25) is 0 Å². The third kappa shape index (κ3) is 6.84. The van der Waals surface area contributed by atoms with Crippen LogP contribution in [-0.4, -0.2) is 16.3 Å². The summed E-state index contributed by atoms with van der Waals surface area (Å²) >= 11 is 6.94. The van der Waals surface area contributed by atoms with Crippen LogP contribution in [-0.2, 0) is 4.79 Å². The van der Waals surface area contributed by atoms with Crippen molar-refractivity contribution in [1.29, 1.82) is 0 Å². The molecule has 3 aromatic rings. The zero-order valence-corrected chi connectivity index (χ0v) is 19.8. The van der Waals surface area contributed by atoms with Crippen molar-refractivity contribution in [2.45, 2.75) is 37.8 Å². The molecule has 0 aliphatic heterocycles. The van der Waals surface area contributed by atoms with Gasteiger partial charge in [0.15, 0.2) is 5.11 Å². The second kappa shape index (κ2) is 10.5. The van der Waals surface area contributed by atoms with E-state index >= 15 is 0 Å². The maximum Gasteiger partial charge on any atom is 0.237 e. The number of hydrogen-bond donors (Lipinski definition) is 3. The molecule has 1 amide bonds. The zero-order chi connectivity index (χ0) is 22.4. The SMILES string of the molecule is Cc1ccc(NC(=S)Nc2cccc(SC(C)C(=O)Nc3cc(C)ccc3C)c2)cc1. The molecule has 4 nitrogen and oxygen atoms in total. The highest BCUT2D eigenvalue weighted by atomic mass is 32.2. The van der Waals surface area contributed by atoms with Crippen molar-refractivity contribution >= 4 is 52.1 Å². The molecule has 3 aromatic carbocycles. The van der Waals surface area contributed by atoms with E-state index in [1.54, 1.807) is 0 Å². The number of thiocarbonyl (C=S) groups is 1. The van der Waals surface area contributed by atoms with Crippen molar-refractivity contribution in [3.05, 3.63) is 83.4 Å². The summed E-state index contributed by atoms with van der Waals surface area (Å²) in [5.41, 5.74) is 6.04. The molecular weight excluding hydrogens is 422 g/mol. The number of hydrogen-bond acceptors (Lipinski definition) is 3. The lowest BCUT2D eigenvalue weighted by atomic mass is 10.1. The molecule has 0 saturated carbocycles. The lowest BCUT2D eigenvalue weighted by molar-refractivity contribution is -0.115. The smallest absolute Gasteiger partial charge is 0.237 e. The molecule has 0 spiro atoms. The number of anilines is 3. The monoisotopic (exact) mass is 449 g/mol. The minimum atomic E-state index is -0.243. The molecule has 1 atom stereocenters. The van der Waals surface area contributed by atoms with Gasteiger partial charge in [0.25, 0.3) is 0 Å². The fourth-order valence-corrected chi connectivity index (χ4v) is 4.10. The van der Waals surface area contributed by atoms with Crippen molar-refractivity contribution in [2.75, 3.05) is 16.0 Å². The number of carbonyl (C=O) groups is 1. The Balaban J connectivity index is 1.59. The fourth-order valence-electron chi connectivity index (χ4n) is 2.94. The summed E-state index contributed by atoms with van der Waals surface area (Å²) in [4.78, 5) is 13.7. The largest absolute Gasteiger partial charge is 0.332 e. The van der Waals surface area contributed by atoms with E-state index in [1.807, 2.05) is 94.4 Å². The van der Waals surface area contributed by atoms with E-state index < -0.39 is 0 Å². The summed E-state index contributed by atoms with van der Waals surface area (Å²) in [7, 11) is 0. The van der Waals surface area contributed by atoms with Gasteiger partial charge in [0.05, 0.1) is 5.25 Å². The molecule has 3 N–H and O–H groups in total. The van der Waals surface area contributed by atoms with E-state index in [1.165, 1.54) is 17.3 Å². The highest BCUT2D eigenvalue weighted by molar-refractivity contribution is 8.00. The predicted molar refractivity (Wildman–Crippen MR) is 137 cm³/mol. The Morgan fingerprint density at radius 2 is 1.52 bits per heavy atom. The van der Waals surface area contributed by atoms with E-state index in [0.717, 1.165) is 33.1 Å². The van der Waals surface area contributed by atoms with Crippen LogP contribution in [0.1, 0.15) is 23.6 Å². The summed E-state index contributed by atoms with van der Waals surface area (Å²) in [5, 5.41) is 9.71. The molecule has 0 bridgehead atoms. The first-order valence-electron chi connectivity index (χ1n) is 10.1. The third-order valence-corrected chi connectivity index (χ3v) is 6.03. The second-order valence-corrected chi connectivity index (χ2v) is 9.36. The normalized spacial score (nSPS) is 11.5. The van der Waals surface area contributed by atoms with Crippen molar-refractivity contribution in [3.8, 4) is 0 Å². The Labute approximate surface area is 193 Å². The molecule has 0 aliphatic rings. The van der Waals surface area contributed by atoms with Gasteiger partial charge in [0.1, 0.15) is 0 Å². The number of rotatable bonds is 6. The Hall–Kier alpha value is -2.83. The van der Waals surface area contributed by atoms with Crippen LogP contribution in [0.3, 0.4) is 0 Å². The van der Waals surface area contributed by atoms with Crippen LogP contribution < -0.4 is 16.0 Å². The number of aryl methyl sites for hydroxylation is 3. The quantitative estimate of drug-likeness (QED) is 0.295. The van der Waals surface area contributed by atoms with Crippen LogP contribution in [0.25, 0.3) is 0 Å². The van der Waals surface area contributed by atoms with E-state index in [0.29, 0.717) is 5.11 Å². The lowest BCUT2D eigenvalue weighted by Gasteiger charge is -2.15. The molecule has 1 unspecified atom stereocenters. The summed E-state index contributed by atoms with van der Waals surface area (Å²) in [6.07, 6.45) is 0. The minimum Gasteiger partial charge on any atom is -0.332 e. The molecule has 3 rings (SSSR count). The van der Waals surface area contributed by atoms with Crippen LogP contribution >= 0.6 is 24.0 Å². The number of thioether (sulfide) groups is 1.